The van der Waals surface area contributed by atoms with Gasteiger partial charge in [-0.3, -0.25) is 9.69 Å². The number of piperazine rings is 1. The fourth-order valence-electron chi connectivity index (χ4n) is 2.44. The Kier molecular flexibility index (Phi) is 3.93. The lowest BCUT2D eigenvalue weighted by molar-refractivity contribution is 0.0347. The average Bonchev–Trinajstić information content (AvgIpc) is 2.32. The Balaban J connectivity index is 2.05. The smallest absolute Gasteiger partial charge is 0.316 e. The summed E-state index contributed by atoms with van der Waals surface area (Å²) in [5, 5.41) is -0.345. The van der Waals surface area contributed by atoms with E-state index in [1.807, 2.05) is 6.07 Å². The molecule has 1 heterocycles. The predicted octanol–water partition coefficient (Wildman–Crippen LogP) is 2.94. The predicted molar refractivity (Wildman–Crippen MR) is 73.8 cm³/mol. The standard InChI is InChI=1S/C14H19ClN2O/c1-14(2)11-16(13(15)18)8-9-17(14)10-12-6-4-3-5-7-12/h3-7H,8-11H2,1-2H3. The van der Waals surface area contributed by atoms with Crippen LogP contribution < -0.4 is 0 Å². The van der Waals surface area contributed by atoms with Crippen molar-refractivity contribution in [1.82, 2.24) is 9.80 Å². The van der Waals surface area contributed by atoms with Gasteiger partial charge in [0.05, 0.1) is 0 Å². The van der Waals surface area contributed by atoms with Gasteiger partial charge in [0.25, 0.3) is 0 Å². The molecule has 2 rings (SSSR count). The van der Waals surface area contributed by atoms with Crippen molar-refractivity contribution < 1.29 is 4.79 Å². The molecule has 0 radical (unpaired) electrons. The van der Waals surface area contributed by atoms with E-state index in [-0.39, 0.29) is 10.9 Å². The minimum atomic E-state index is -0.345. The second-order valence-electron chi connectivity index (χ2n) is 5.39. The van der Waals surface area contributed by atoms with E-state index in [0.29, 0.717) is 13.1 Å². The van der Waals surface area contributed by atoms with Crippen LogP contribution in [0.3, 0.4) is 0 Å². The minimum Gasteiger partial charge on any atom is -0.326 e. The highest BCUT2D eigenvalue weighted by molar-refractivity contribution is 6.62. The first-order valence-electron chi connectivity index (χ1n) is 6.22. The maximum Gasteiger partial charge on any atom is 0.316 e. The molecule has 0 unspecified atom stereocenters. The van der Waals surface area contributed by atoms with E-state index < -0.39 is 0 Å². The summed E-state index contributed by atoms with van der Waals surface area (Å²) in [6.07, 6.45) is 0. The van der Waals surface area contributed by atoms with Gasteiger partial charge >= 0.3 is 5.37 Å². The summed E-state index contributed by atoms with van der Waals surface area (Å²) < 4.78 is 0. The molecule has 0 bridgehead atoms. The molecule has 0 spiro atoms. The van der Waals surface area contributed by atoms with Crippen LogP contribution in [0.1, 0.15) is 19.4 Å². The Bertz CT molecular complexity index is 419. The van der Waals surface area contributed by atoms with Gasteiger partial charge in [0.2, 0.25) is 0 Å². The molecule has 0 N–H and O–H groups in total. The SMILES string of the molecule is CC1(C)CN(C(=O)Cl)CCN1Cc1ccccc1. The monoisotopic (exact) mass is 266 g/mol. The normalized spacial score (nSPS) is 19.8. The van der Waals surface area contributed by atoms with Crippen LogP contribution in [0.25, 0.3) is 0 Å². The van der Waals surface area contributed by atoms with Gasteiger partial charge in [-0.15, -0.1) is 0 Å². The second kappa shape index (κ2) is 5.29. The van der Waals surface area contributed by atoms with Crippen molar-refractivity contribution in [2.24, 2.45) is 0 Å². The van der Waals surface area contributed by atoms with Crippen LogP contribution in [0.15, 0.2) is 30.3 Å². The molecule has 0 aliphatic carbocycles. The third-order valence-electron chi connectivity index (χ3n) is 3.54. The van der Waals surface area contributed by atoms with Crippen molar-refractivity contribution in [2.45, 2.75) is 25.9 Å². The lowest BCUT2D eigenvalue weighted by atomic mass is 9.98. The number of rotatable bonds is 2. The van der Waals surface area contributed by atoms with E-state index >= 15 is 0 Å². The highest BCUT2D eigenvalue weighted by Crippen LogP contribution is 2.23. The Labute approximate surface area is 113 Å². The molecule has 18 heavy (non-hydrogen) atoms. The van der Waals surface area contributed by atoms with Gasteiger partial charge in [0, 0.05) is 31.7 Å². The van der Waals surface area contributed by atoms with Gasteiger partial charge in [-0.25, -0.2) is 0 Å². The van der Waals surface area contributed by atoms with E-state index in [4.69, 9.17) is 11.6 Å². The lowest BCUT2D eigenvalue weighted by Gasteiger charge is -2.46. The molecule has 0 aromatic heterocycles. The van der Waals surface area contributed by atoms with Gasteiger partial charge in [-0.05, 0) is 31.0 Å². The van der Waals surface area contributed by atoms with Crippen LogP contribution in [0, 0.1) is 0 Å². The summed E-state index contributed by atoms with van der Waals surface area (Å²) in [6, 6.07) is 10.4. The number of hydrogen-bond donors (Lipinski definition) is 0. The van der Waals surface area contributed by atoms with E-state index in [9.17, 15) is 4.79 Å². The summed E-state index contributed by atoms with van der Waals surface area (Å²) in [6.45, 7) is 7.48. The molecule has 1 aliphatic rings. The zero-order valence-corrected chi connectivity index (χ0v) is 11.7. The Hall–Kier alpha value is -1.06. The van der Waals surface area contributed by atoms with E-state index in [2.05, 4.69) is 43.0 Å². The zero-order valence-electron chi connectivity index (χ0n) is 10.9. The van der Waals surface area contributed by atoms with E-state index in [1.165, 1.54) is 5.56 Å². The topological polar surface area (TPSA) is 23.6 Å². The molecule has 1 aromatic carbocycles. The molecular weight excluding hydrogens is 248 g/mol. The van der Waals surface area contributed by atoms with Crippen LogP contribution in [-0.4, -0.2) is 40.3 Å². The fourth-order valence-corrected chi connectivity index (χ4v) is 2.58. The van der Waals surface area contributed by atoms with Gasteiger partial charge in [-0.2, -0.15) is 0 Å². The highest BCUT2D eigenvalue weighted by Gasteiger charge is 2.34. The number of carbonyl (C=O) groups is 1. The maximum atomic E-state index is 11.2. The van der Waals surface area contributed by atoms with Gasteiger partial charge in [0.1, 0.15) is 0 Å². The first-order valence-corrected chi connectivity index (χ1v) is 6.60. The molecule has 0 saturated carbocycles. The fraction of sp³-hybridized carbons (Fsp3) is 0.500. The molecule has 1 saturated heterocycles. The highest BCUT2D eigenvalue weighted by atomic mass is 35.5. The summed E-state index contributed by atoms with van der Waals surface area (Å²) in [4.78, 5) is 15.3. The Morgan fingerprint density at radius 2 is 1.94 bits per heavy atom. The Morgan fingerprint density at radius 1 is 1.28 bits per heavy atom. The van der Waals surface area contributed by atoms with E-state index in [1.54, 1.807) is 4.90 Å². The number of nitrogens with zero attached hydrogens (tertiary/aromatic N) is 2. The molecule has 1 fully saturated rings. The third-order valence-corrected chi connectivity index (χ3v) is 3.78. The summed E-state index contributed by atoms with van der Waals surface area (Å²) in [7, 11) is 0. The molecule has 0 atom stereocenters. The summed E-state index contributed by atoms with van der Waals surface area (Å²) in [5.41, 5.74) is 1.26. The molecule has 1 aromatic rings. The van der Waals surface area contributed by atoms with Crippen LogP contribution >= 0.6 is 11.6 Å². The molecule has 1 aliphatic heterocycles. The average molecular weight is 267 g/mol. The van der Waals surface area contributed by atoms with Crippen molar-refractivity contribution in [3.8, 4) is 0 Å². The molecule has 4 heteroatoms. The number of halogens is 1. The van der Waals surface area contributed by atoms with Gasteiger partial charge in [-0.1, -0.05) is 30.3 Å². The lowest BCUT2D eigenvalue weighted by Crippen LogP contribution is -2.59. The Morgan fingerprint density at radius 3 is 2.50 bits per heavy atom. The maximum absolute atomic E-state index is 11.2. The first kappa shape index (κ1) is 13.4. The van der Waals surface area contributed by atoms with Crippen molar-refractivity contribution in [1.29, 1.82) is 0 Å². The van der Waals surface area contributed by atoms with Crippen molar-refractivity contribution >= 4 is 17.0 Å². The second-order valence-corrected chi connectivity index (χ2v) is 5.72. The van der Waals surface area contributed by atoms with Crippen LogP contribution in [0.2, 0.25) is 0 Å². The van der Waals surface area contributed by atoms with Crippen LogP contribution in [-0.2, 0) is 6.54 Å². The quantitative estimate of drug-likeness (QED) is 0.607. The number of amides is 1. The zero-order chi connectivity index (χ0) is 13.2. The number of hydrogen-bond acceptors (Lipinski definition) is 2. The third kappa shape index (κ3) is 3.03. The molecular formula is C14H19ClN2O. The minimum absolute atomic E-state index is 0.0430. The van der Waals surface area contributed by atoms with Crippen molar-refractivity contribution in [2.75, 3.05) is 19.6 Å². The van der Waals surface area contributed by atoms with Gasteiger partial charge < -0.3 is 4.90 Å². The van der Waals surface area contributed by atoms with Crippen LogP contribution in [0.4, 0.5) is 4.79 Å². The number of carbonyl (C=O) groups excluding carboxylic acids is 1. The van der Waals surface area contributed by atoms with Gasteiger partial charge in [0.15, 0.2) is 0 Å². The van der Waals surface area contributed by atoms with Crippen molar-refractivity contribution in [3.05, 3.63) is 35.9 Å². The molecule has 3 nitrogen and oxygen atoms in total. The first-order chi connectivity index (χ1) is 8.49. The van der Waals surface area contributed by atoms with Crippen LogP contribution in [0.5, 0.6) is 0 Å². The molecule has 98 valence electrons. The summed E-state index contributed by atoms with van der Waals surface area (Å²) >= 11 is 5.56. The summed E-state index contributed by atoms with van der Waals surface area (Å²) in [5.74, 6) is 0. The number of benzene rings is 1. The largest absolute Gasteiger partial charge is 0.326 e. The van der Waals surface area contributed by atoms with Crippen molar-refractivity contribution in [3.63, 3.8) is 0 Å². The van der Waals surface area contributed by atoms with E-state index in [0.717, 1.165) is 13.1 Å². The molecule has 1 amide bonds.